The lowest BCUT2D eigenvalue weighted by Gasteiger charge is -1.97. The van der Waals surface area contributed by atoms with Crippen LogP contribution in [0.4, 0.5) is 0 Å². The summed E-state index contributed by atoms with van der Waals surface area (Å²) in [4.78, 5) is 5.11. The first-order chi connectivity index (χ1) is 7.43. The fourth-order valence-electron chi connectivity index (χ4n) is 1.22. The first-order valence-electron chi connectivity index (χ1n) is 5.53. The van der Waals surface area contributed by atoms with E-state index in [1.54, 1.807) is 6.21 Å². The predicted octanol–water partition coefficient (Wildman–Crippen LogP) is 3.22. The molecule has 0 aliphatic heterocycles. The van der Waals surface area contributed by atoms with Crippen LogP contribution in [0.15, 0.2) is 29.4 Å². The van der Waals surface area contributed by atoms with E-state index in [9.17, 15) is 0 Å². The highest BCUT2D eigenvalue weighted by molar-refractivity contribution is 5.60. The minimum Gasteiger partial charge on any atom is -0.396 e. The van der Waals surface area contributed by atoms with Crippen LogP contribution in [0.5, 0.6) is 0 Å². The molecule has 0 heterocycles. The minimum atomic E-state index is 0.725. The Hall–Kier alpha value is -1.31. The smallest absolute Gasteiger partial charge is 0.117 e. The van der Waals surface area contributed by atoms with E-state index in [0.29, 0.717) is 0 Å². The summed E-state index contributed by atoms with van der Waals surface area (Å²) >= 11 is 0. The fraction of sp³-hybridized carbons (Fsp3) is 0.462. The highest BCUT2D eigenvalue weighted by atomic mass is 16.6. The highest BCUT2D eigenvalue weighted by Crippen LogP contribution is 1.97. The molecule has 0 aromatic heterocycles. The zero-order valence-corrected chi connectivity index (χ0v) is 9.28. The summed E-state index contributed by atoms with van der Waals surface area (Å²) < 4.78 is 0. The third-order valence-corrected chi connectivity index (χ3v) is 2.07. The van der Waals surface area contributed by atoms with Crippen molar-refractivity contribution >= 4 is 6.21 Å². The first-order valence-corrected chi connectivity index (χ1v) is 5.53. The number of hydrogen-bond donors (Lipinski definition) is 0. The molecule has 0 fully saturated rings. The maximum Gasteiger partial charge on any atom is 0.117 e. The lowest BCUT2D eigenvalue weighted by molar-refractivity contribution is 0.141. The first kappa shape index (κ1) is 11.8. The van der Waals surface area contributed by atoms with E-state index in [1.165, 1.54) is 12.8 Å². The van der Waals surface area contributed by atoms with Gasteiger partial charge < -0.3 is 4.84 Å². The average molecular weight is 204 g/mol. The Bertz CT molecular complexity index is 269. The molecule has 2 heteroatoms. The molecule has 2 nitrogen and oxygen atoms in total. The fourth-order valence-corrected chi connectivity index (χ4v) is 1.22. The van der Waals surface area contributed by atoms with Crippen molar-refractivity contribution in [2.24, 2.45) is 5.16 Å². The Balaban J connectivity index is 2.07. The van der Waals surface area contributed by atoms with Crippen molar-refractivity contribution in [3.63, 3.8) is 0 Å². The van der Waals surface area contributed by atoms with Crippen molar-refractivity contribution in [2.75, 3.05) is 6.61 Å². The molecule has 0 N–H and O–H groups in total. The van der Waals surface area contributed by atoms with E-state index in [0.717, 1.165) is 25.0 Å². The van der Waals surface area contributed by atoms with E-state index >= 15 is 0 Å². The second-order valence-electron chi connectivity index (χ2n) is 3.42. The molecule has 1 aromatic rings. The molecule has 0 amide bonds. The molecular weight excluding hydrogens is 186 g/mol. The summed E-state index contributed by atoms with van der Waals surface area (Å²) in [6.07, 6.45) is 6.09. The summed E-state index contributed by atoms with van der Waals surface area (Å²) in [6, 6.07) is 11.0. The van der Waals surface area contributed by atoms with Crippen molar-refractivity contribution in [3.05, 3.63) is 35.9 Å². The van der Waals surface area contributed by atoms with Gasteiger partial charge >= 0.3 is 0 Å². The molecule has 0 aliphatic carbocycles. The molecule has 0 spiro atoms. The molecule has 0 saturated heterocycles. The Morgan fingerprint density at radius 3 is 3.07 bits per heavy atom. The maximum atomic E-state index is 5.11. The van der Waals surface area contributed by atoms with Crippen LogP contribution in [-0.2, 0) is 11.3 Å². The molecule has 1 radical (unpaired) electrons. The van der Waals surface area contributed by atoms with Gasteiger partial charge in [-0.15, -0.1) is 0 Å². The normalized spacial score (nSPS) is 10.7. The second kappa shape index (κ2) is 8.04. The summed E-state index contributed by atoms with van der Waals surface area (Å²) in [6.45, 7) is 2.90. The van der Waals surface area contributed by atoms with Crippen LogP contribution in [0.3, 0.4) is 0 Å². The molecule has 0 saturated carbocycles. The van der Waals surface area contributed by atoms with Gasteiger partial charge in [-0.2, -0.15) is 0 Å². The Morgan fingerprint density at radius 2 is 2.33 bits per heavy atom. The van der Waals surface area contributed by atoms with E-state index in [4.69, 9.17) is 4.84 Å². The van der Waals surface area contributed by atoms with Crippen molar-refractivity contribution in [2.45, 2.75) is 32.6 Å². The zero-order chi connectivity index (χ0) is 10.8. The van der Waals surface area contributed by atoms with Crippen LogP contribution in [-0.4, -0.2) is 12.8 Å². The van der Waals surface area contributed by atoms with Crippen LogP contribution in [0.25, 0.3) is 0 Å². The lowest BCUT2D eigenvalue weighted by atomic mass is 10.2. The summed E-state index contributed by atoms with van der Waals surface area (Å²) in [5.74, 6) is 0. The van der Waals surface area contributed by atoms with Gasteiger partial charge in [0, 0.05) is 12.6 Å². The van der Waals surface area contributed by atoms with Crippen LogP contribution in [0.2, 0.25) is 0 Å². The van der Waals surface area contributed by atoms with Crippen LogP contribution >= 0.6 is 0 Å². The highest BCUT2D eigenvalue weighted by Gasteiger charge is 1.88. The summed E-state index contributed by atoms with van der Waals surface area (Å²) in [5, 5.41) is 3.89. The van der Waals surface area contributed by atoms with E-state index in [2.05, 4.69) is 18.1 Å². The van der Waals surface area contributed by atoms with Crippen molar-refractivity contribution < 1.29 is 4.84 Å². The number of oxime groups is 1. The standard InChI is InChI=1S/C13H18NO/c1-2-3-7-12-15-14-11-10-13-8-5-4-6-9-13/h4-6,8,11H,2-3,7,10,12H2,1H3. The number of unbranched alkanes of at least 4 members (excludes halogenated alkanes) is 2. The SMILES string of the molecule is CCCCCON=CCc1[c]cccc1. The molecule has 81 valence electrons. The van der Waals surface area contributed by atoms with E-state index in [-0.39, 0.29) is 0 Å². The Morgan fingerprint density at radius 1 is 1.40 bits per heavy atom. The topological polar surface area (TPSA) is 21.6 Å². The molecule has 0 aliphatic rings. The van der Waals surface area contributed by atoms with Crippen LogP contribution < -0.4 is 0 Å². The molecule has 1 rings (SSSR count). The molecular formula is C13H18NO. The van der Waals surface area contributed by atoms with Crippen molar-refractivity contribution in [1.29, 1.82) is 0 Å². The van der Waals surface area contributed by atoms with Gasteiger partial charge in [0.25, 0.3) is 0 Å². The Labute approximate surface area is 91.9 Å². The third kappa shape index (κ3) is 5.89. The van der Waals surface area contributed by atoms with Crippen molar-refractivity contribution in [1.82, 2.24) is 0 Å². The predicted molar refractivity (Wildman–Crippen MR) is 63.0 cm³/mol. The zero-order valence-electron chi connectivity index (χ0n) is 9.28. The van der Waals surface area contributed by atoms with Gasteiger partial charge in [0.2, 0.25) is 0 Å². The van der Waals surface area contributed by atoms with E-state index < -0.39 is 0 Å². The molecule has 1 aromatic carbocycles. The molecule has 0 unspecified atom stereocenters. The monoisotopic (exact) mass is 204 g/mol. The largest absolute Gasteiger partial charge is 0.396 e. The van der Waals surface area contributed by atoms with Gasteiger partial charge in [-0.3, -0.25) is 0 Å². The minimum absolute atomic E-state index is 0.725. The van der Waals surface area contributed by atoms with Gasteiger partial charge in [-0.1, -0.05) is 49.2 Å². The molecule has 0 bridgehead atoms. The lowest BCUT2D eigenvalue weighted by Crippen LogP contribution is -1.90. The van der Waals surface area contributed by atoms with E-state index in [1.807, 2.05) is 24.3 Å². The van der Waals surface area contributed by atoms with Crippen LogP contribution in [0, 0.1) is 6.07 Å². The average Bonchev–Trinajstić information content (AvgIpc) is 2.29. The van der Waals surface area contributed by atoms with Gasteiger partial charge in [0.05, 0.1) is 0 Å². The second-order valence-corrected chi connectivity index (χ2v) is 3.42. The van der Waals surface area contributed by atoms with Gasteiger partial charge in [-0.05, 0) is 18.1 Å². The number of nitrogens with zero attached hydrogens (tertiary/aromatic N) is 1. The van der Waals surface area contributed by atoms with Crippen LogP contribution in [0.1, 0.15) is 31.7 Å². The number of hydrogen-bond acceptors (Lipinski definition) is 2. The maximum absolute atomic E-state index is 5.11. The molecule has 15 heavy (non-hydrogen) atoms. The summed E-state index contributed by atoms with van der Waals surface area (Å²) in [5.41, 5.74) is 1.14. The van der Waals surface area contributed by atoms with Gasteiger partial charge in [-0.25, -0.2) is 0 Å². The quantitative estimate of drug-likeness (QED) is 0.379. The number of rotatable bonds is 7. The van der Waals surface area contributed by atoms with Gasteiger partial charge in [0.15, 0.2) is 0 Å². The molecule has 0 atom stereocenters. The Kier molecular flexibility index (Phi) is 6.30. The van der Waals surface area contributed by atoms with Crippen molar-refractivity contribution in [3.8, 4) is 0 Å². The van der Waals surface area contributed by atoms with Gasteiger partial charge in [0.1, 0.15) is 6.61 Å². The number of benzene rings is 1. The summed E-state index contributed by atoms with van der Waals surface area (Å²) in [7, 11) is 0. The third-order valence-electron chi connectivity index (χ3n) is 2.07.